The Morgan fingerprint density at radius 3 is 2.83 bits per heavy atom. The van der Waals surface area contributed by atoms with Crippen molar-refractivity contribution in [3.63, 3.8) is 0 Å². The molecule has 0 aliphatic carbocycles. The fraction of sp³-hybridized carbons (Fsp3) is 0.133. The van der Waals surface area contributed by atoms with Crippen molar-refractivity contribution in [2.45, 2.75) is 13.0 Å². The average molecular weight is 500 g/mol. The van der Waals surface area contributed by atoms with Gasteiger partial charge in [0.1, 0.15) is 0 Å². The zero-order chi connectivity index (χ0) is 16.4. The fourth-order valence-electron chi connectivity index (χ4n) is 2.30. The molecular weight excluding hydrogens is 485 g/mol. The summed E-state index contributed by atoms with van der Waals surface area (Å²) < 4.78 is 1.82. The van der Waals surface area contributed by atoms with Crippen molar-refractivity contribution in [1.29, 1.82) is 0 Å². The van der Waals surface area contributed by atoms with Crippen LogP contribution in [0.25, 0.3) is 10.9 Å². The molecule has 0 aliphatic heterocycles. The van der Waals surface area contributed by atoms with Crippen LogP contribution in [0.2, 0.25) is 0 Å². The summed E-state index contributed by atoms with van der Waals surface area (Å²) in [5.74, 6) is 0.931. The first-order chi connectivity index (χ1) is 11.0. The number of anilines is 2. The number of pyridine rings is 1. The molecule has 23 heavy (non-hydrogen) atoms. The van der Waals surface area contributed by atoms with Gasteiger partial charge in [-0.2, -0.15) is 0 Å². The van der Waals surface area contributed by atoms with Gasteiger partial charge in [0.25, 0.3) is 0 Å². The molecule has 2 aromatic heterocycles. The first kappa shape index (κ1) is 15.7. The van der Waals surface area contributed by atoms with E-state index >= 15 is 0 Å². The van der Waals surface area contributed by atoms with Crippen molar-refractivity contribution in [3.05, 3.63) is 48.2 Å². The number of fused-ring (bicyclic) bond motifs is 1. The van der Waals surface area contributed by atoms with E-state index in [-0.39, 0.29) is 12.1 Å². The molecule has 8 heteroatoms. The van der Waals surface area contributed by atoms with Gasteiger partial charge < -0.3 is 0 Å². The minimum absolute atomic E-state index is 0.0961. The second-order valence-electron chi connectivity index (χ2n) is 5.15. The molecule has 0 saturated heterocycles. The summed E-state index contributed by atoms with van der Waals surface area (Å²) in [6.45, 7) is 1.93. The molecule has 0 spiro atoms. The number of benzene rings is 1. The number of nitrogens with two attached hydrogens (primary N) is 1. The average Bonchev–Trinajstić information content (AvgIpc) is 2.82. The molecule has 0 aliphatic rings. The Kier molecular flexibility index (Phi) is 4.46. The molecule has 0 unspecified atom stereocenters. The molecule has 0 bridgehead atoms. The molecule has 3 rings (SSSR count). The third-order valence-electron chi connectivity index (χ3n) is 3.51. The van der Waals surface area contributed by atoms with E-state index in [1.807, 2.05) is 39.7 Å². The van der Waals surface area contributed by atoms with Gasteiger partial charge in [-0.15, -0.1) is 0 Å². The molecule has 0 radical (unpaired) electrons. The molecule has 4 N–H and O–H groups in total. The van der Waals surface area contributed by atoms with E-state index in [0.717, 1.165) is 16.5 Å². The zero-order valence-electron chi connectivity index (χ0n) is 12.5. The van der Waals surface area contributed by atoms with Crippen LogP contribution in [0.4, 0.5) is 16.4 Å². The van der Waals surface area contributed by atoms with Crippen LogP contribution in [0.1, 0.15) is 18.5 Å². The van der Waals surface area contributed by atoms with Gasteiger partial charge in [-0.05, 0) is 0 Å². The predicted octanol–water partition coefficient (Wildman–Crippen LogP) is 1.83. The third kappa shape index (κ3) is 3.44. The Balaban J connectivity index is 1.71. The second-order valence-corrected chi connectivity index (χ2v) is 7.05. The van der Waals surface area contributed by atoms with Crippen LogP contribution in [0, 0.1) is 0 Å². The molecular formula is C15H15N6OTl. The summed E-state index contributed by atoms with van der Waals surface area (Å²) in [6, 6.07) is 11.2. The molecule has 2 amide bonds. The summed E-state index contributed by atoms with van der Waals surface area (Å²) >= 11 is 0.488. The predicted molar refractivity (Wildman–Crippen MR) is 90.1 cm³/mol. The summed E-state index contributed by atoms with van der Waals surface area (Å²) in [5, 5.41) is 10.6. The number of aromatic nitrogens is 3. The molecule has 0 fully saturated rings. The molecule has 3 aromatic rings. The molecule has 0 saturated carbocycles. The van der Waals surface area contributed by atoms with Crippen LogP contribution in [-0.4, -0.2) is 44.7 Å². The number of carbonyl (C=O) groups is 1. The Labute approximate surface area is 149 Å². The molecule has 2 heterocycles. The third-order valence-corrected chi connectivity index (χ3v) is 5.04. The van der Waals surface area contributed by atoms with Crippen LogP contribution >= 0.6 is 0 Å². The number of rotatable bonds is 3. The van der Waals surface area contributed by atoms with Gasteiger partial charge in [0.05, 0.1) is 0 Å². The number of hydrogen-bond donors (Lipinski definition) is 3. The Morgan fingerprint density at radius 2 is 2.09 bits per heavy atom. The van der Waals surface area contributed by atoms with Crippen molar-refractivity contribution in [1.82, 2.24) is 17.9 Å². The molecule has 7 nitrogen and oxygen atoms in total. The number of amides is 2. The number of nitrogens with zero attached hydrogens (tertiary/aromatic N) is 3. The topological polar surface area (TPSA) is 97.9 Å². The quantitative estimate of drug-likeness (QED) is 0.479. The van der Waals surface area contributed by atoms with Gasteiger partial charge >= 0.3 is 149 Å². The monoisotopic (exact) mass is 500 g/mol. The summed E-state index contributed by atoms with van der Waals surface area (Å²) in [5.41, 5.74) is 7.74. The number of urea groups is 1. The molecule has 1 aromatic carbocycles. The van der Waals surface area contributed by atoms with Crippen molar-refractivity contribution >= 4 is 54.6 Å². The maximum absolute atomic E-state index is 12.1. The van der Waals surface area contributed by atoms with Crippen molar-refractivity contribution in [3.8, 4) is 0 Å². The first-order valence-corrected chi connectivity index (χ1v) is 9.07. The maximum atomic E-state index is 12.1. The van der Waals surface area contributed by atoms with Crippen LogP contribution in [0.5, 0.6) is 0 Å². The van der Waals surface area contributed by atoms with Gasteiger partial charge in [-0.1, -0.05) is 0 Å². The van der Waals surface area contributed by atoms with Crippen molar-refractivity contribution in [2.75, 3.05) is 11.1 Å². The number of nitrogens with one attached hydrogen (secondary N) is 2. The number of nitrogen functional groups attached to an aromatic ring is 1. The molecule has 1 atom stereocenters. The van der Waals surface area contributed by atoms with E-state index in [2.05, 4.69) is 20.7 Å². The van der Waals surface area contributed by atoms with Crippen LogP contribution in [0.3, 0.4) is 0 Å². The van der Waals surface area contributed by atoms with Gasteiger partial charge in [-0.25, -0.2) is 0 Å². The van der Waals surface area contributed by atoms with E-state index in [1.165, 1.54) is 0 Å². The first-order valence-electron chi connectivity index (χ1n) is 7.06. The standard InChI is InChI=1S/C15H16N6O.Tl/c1-9(10-5-3-2-4-6-10)18-15(22)19-13-7-12-11(8-17-13)14(16)21-20-12;/h2-9H,1H3,(H5,16,17,18,19,20,21,22);/q;+1/p-1/t9-;/m1./s1. The normalized spacial score (nSPS) is 12.0. The SMILES string of the molecule is C[C@@H](NC(=O)Nc1cc2c(cn1)c(N)n[n]2[Tl])c1ccccc1. The summed E-state index contributed by atoms with van der Waals surface area (Å²) in [4.78, 5) is 16.3. The molecule has 114 valence electrons. The van der Waals surface area contributed by atoms with E-state index in [0.29, 0.717) is 37.7 Å². The van der Waals surface area contributed by atoms with Crippen LogP contribution < -0.4 is 16.4 Å². The zero-order valence-corrected chi connectivity index (χ0v) is 17.0. The summed E-state index contributed by atoms with van der Waals surface area (Å²) in [7, 11) is 0. The van der Waals surface area contributed by atoms with Gasteiger partial charge in [0.2, 0.25) is 0 Å². The fourth-order valence-corrected chi connectivity index (χ4v) is 3.61. The Hall–Kier alpha value is -2.17. The second kappa shape index (κ2) is 6.52. The Morgan fingerprint density at radius 1 is 1.35 bits per heavy atom. The van der Waals surface area contributed by atoms with Gasteiger partial charge in [0, 0.05) is 0 Å². The van der Waals surface area contributed by atoms with E-state index in [1.54, 1.807) is 12.3 Å². The van der Waals surface area contributed by atoms with Gasteiger partial charge in [0.15, 0.2) is 0 Å². The van der Waals surface area contributed by atoms with Crippen molar-refractivity contribution < 1.29 is 4.79 Å². The minimum atomic E-state index is -0.303. The van der Waals surface area contributed by atoms with E-state index in [4.69, 9.17) is 5.73 Å². The van der Waals surface area contributed by atoms with Crippen LogP contribution in [-0.2, 0) is 0 Å². The van der Waals surface area contributed by atoms with Gasteiger partial charge in [-0.3, -0.25) is 0 Å². The van der Waals surface area contributed by atoms with E-state index in [9.17, 15) is 4.79 Å². The number of hydrogen-bond acceptors (Lipinski definition) is 4. The summed E-state index contributed by atoms with van der Waals surface area (Å²) in [6.07, 6.45) is 1.63. The number of carbonyl (C=O) groups excluding carboxylic acids is 1. The van der Waals surface area contributed by atoms with Crippen LogP contribution in [0.15, 0.2) is 42.6 Å². The van der Waals surface area contributed by atoms with Crippen molar-refractivity contribution in [2.24, 2.45) is 0 Å². The van der Waals surface area contributed by atoms with E-state index < -0.39 is 0 Å². The Bertz CT molecular complexity index is 848.